The Kier molecular flexibility index (Phi) is 7.88. The first-order valence-electron chi connectivity index (χ1n) is 8.41. The number of hydrogen-bond acceptors (Lipinski definition) is 5. The molecule has 0 saturated carbocycles. The highest BCUT2D eigenvalue weighted by molar-refractivity contribution is 7.99. The van der Waals surface area contributed by atoms with Gasteiger partial charge in [-0.15, -0.1) is 11.8 Å². The van der Waals surface area contributed by atoms with Crippen LogP contribution in [-0.2, 0) is 14.3 Å². The maximum absolute atomic E-state index is 11.9. The van der Waals surface area contributed by atoms with Gasteiger partial charge in [-0.05, 0) is 36.4 Å². The minimum Gasteiger partial charge on any atom is -0.456 e. The normalized spacial score (nSPS) is 10.1. The summed E-state index contributed by atoms with van der Waals surface area (Å²) in [6, 6.07) is 16.3. The van der Waals surface area contributed by atoms with E-state index in [1.807, 2.05) is 30.3 Å². The lowest BCUT2D eigenvalue weighted by molar-refractivity contribution is -0.146. The summed E-state index contributed by atoms with van der Waals surface area (Å²) in [4.78, 5) is 38.0. The molecule has 0 atom stereocenters. The smallest absolute Gasteiger partial charge is 0.307 e. The zero-order valence-corrected chi connectivity index (χ0v) is 16.1. The quantitative estimate of drug-likeness (QED) is 0.557. The molecule has 0 heterocycles. The maximum Gasteiger partial charge on any atom is 0.307 e. The third-order valence-electron chi connectivity index (χ3n) is 3.50. The van der Waals surface area contributed by atoms with Crippen molar-refractivity contribution in [2.24, 2.45) is 0 Å². The average molecular weight is 386 g/mol. The molecule has 0 unspecified atom stereocenters. The summed E-state index contributed by atoms with van der Waals surface area (Å²) < 4.78 is 4.98. The predicted octanol–water partition coefficient (Wildman–Crippen LogP) is 3.05. The summed E-state index contributed by atoms with van der Waals surface area (Å²) in [6.45, 7) is -0.340. The highest BCUT2D eigenvalue weighted by Gasteiger charge is 2.10. The van der Waals surface area contributed by atoms with Crippen LogP contribution in [-0.4, -0.2) is 49.1 Å². The van der Waals surface area contributed by atoms with Crippen molar-refractivity contribution in [2.45, 2.75) is 11.3 Å². The fraction of sp³-hybridized carbons (Fsp3) is 0.250. The van der Waals surface area contributed by atoms with Gasteiger partial charge in [-0.3, -0.25) is 14.4 Å². The van der Waals surface area contributed by atoms with Crippen molar-refractivity contribution < 1.29 is 19.1 Å². The Bertz CT molecular complexity index is 776. The molecule has 2 aromatic rings. The van der Waals surface area contributed by atoms with Crippen LogP contribution in [0.15, 0.2) is 59.5 Å². The van der Waals surface area contributed by atoms with E-state index in [2.05, 4.69) is 5.32 Å². The average Bonchev–Trinajstić information content (AvgIpc) is 2.67. The molecule has 0 spiro atoms. The Morgan fingerprint density at radius 2 is 1.67 bits per heavy atom. The van der Waals surface area contributed by atoms with E-state index in [0.29, 0.717) is 17.0 Å². The van der Waals surface area contributed by atoms with E-state index in [4.69, 9.17) is 4.74 Å². The van der Waals surface area contributed by atoms with Crippen LogP contribution < -0.4 is 5.32 Å². The van der Waals surface area contributed by atoms with Gasteiger partial charge in [0.2, 0.25) is 0 Å². The molecule has 0 bridgehead atoms. The van der Waals surface area contributed by atoms with Crippen molar-refractivity contribution in [1.82, 2.24) is 4.90 Å². The zero-order chi connectivity index (χ0) is 19.6. The Labute approximate surface area is 162 Å². The van der Waals surface area contributed by atoms with Crippen molar-refractivity contribution in [3.63, 3.8) is 0 Å². The molecule has 0 fully saturated rings. The predicted molar refractivity (Wildman–Crippen MR) is 106 cm³/mol. The molecule has 142 valence electrons. The first-order valence-corrected chi connectivity index (χ1v) is 9.39. The Balaban J connectivity index is 1.69. The molecule has 0 saturated heterocycles. The molecule has 2 rings (SSSR count). The van der Waals surface area contributed by atoms with Gasteiger partial charge in [-0.1, -0.05) is 18.2 Å². The largest absolute Gasteiger partial charge is 0.456 e. The molecular formula is C20H22N2O4S. The summed E-state index contributed by atoms with van der Waals surface area (Å²) in [5.74, 6) is -0.368. The molecule has 0 aliphatic carbocycles. The number of carbonyl (C=O) groups is 3. The van der Waals surface area contributed by atoms with Crippen LogP contribution in [0.5, 0.6) is 0 Å². The summed E-state index contributed by atoms with van der Waals surface area (Å²) in [5.41, 5.74) is 1.06. The molecule has 2 amide bonds. The molecule has 7 heteroatoms. The lowest BCUT2D eigenvalue weighted by Gasteiger charge is -2.11. The van der Waals surface area contributed by atoms with E-state index < -0.39 is 11.9 Å². The highest BCUT2D eigenvalue weighted by Crippen LogP contribution is 2.17. The van der Waals surface area contributed by atoms with Crippen molar-refractivity contribution >= 4 is 35.2 Å². The third-order valence-corrected chi connectivity index (χ3v) is 4.52. The molecule has 27 heavy (non-hydrogen) atoms. The number of benzene rings is 2. The molecule has 0 aromatic heterocycles. The van der Waals surface area contributed by atoms with Gasteiger partial charge >= 0.3 is 5.97 Å². The van der Waals surface area contributed by atoms with Crippen LogP contribution in [0, 0.1) is 0 Å². The van der Waals surface area contributed by atoms with Gasteiger partial charge in [-0.2, -0.15) is 0 Å². The lowest BCUT2D eigenvalue weighted by Crippen LogP contribution is -2.22. The van der Waals surface area contributed by atoms with Crippen molar-refractivity contribution in [3.05, 3.63) is 60.2 Å². The van der Waals surface area contributed by atoms with Crippen molar-refractivity contribution in [1.29, 1.82) is 0 Å². The fourth-order valence-corrected chi connectivity index (χ4v) is 2.99. The number of nitrogens with one attached hydrogen (secondary N) is 1. The Hall–Kier alpha value is -2.80. The Morgan fingerprint density at radius 3 is 2.30 bits per heavy atom. The van der Waals surface area contributed by atoms with Crippen molar-refractivity contribution in [2.75, 3.05) is 31.8 Å². The van der Waals surface area contributed by atoms with Gasteiger partial charge in [0.1, 0.15) is 0 Å². The number of amides is 2. The van der Waals surface area contributed by atoms with Crippen LogP contribution in [0.25, 0.3) is 0 Å². The number of ether oxygens (including phenoxy) is 1. The summed E-state index contributed by atoms with van der Waals surface area (Å²) in [5, 5.41) is 2.63. The van der Waals surface area contributed by atoms with E-state index in [0.717, 1.165) is 4.90 Å². The molecule has 0 aliphatic heterocycles. The van der Waals surface area contributed by atoms with E-state index in [1.54, 1.807) is 50.1 Å². The van der Waals surface area contributed by atoms with Crippen LogP contribution in [0.4, 0.5) is 5.69 Å². The minimum atomic E-state index is -0.425. The SMILES string of the molecule is CN(C)C(=O)c1ccc(NC(=O)COC(=O)CCSc2ccccc2)cc1. The minimum absolute atomic E-state index is 0.116. The zero-order valence-electron chi connectivity index (χ0n) is 15.3. The molecule has 2 aromatic carbocycles. The molecule has 6 nitrogen and oxygen atoms in total. The number of carbonyl (C=O) groups excluding carboxylic acids is 3. The van der Waals surface area contributed by atoms with Crippen LogP contribution in [0.1, 0.15) is 16.8 Å². The first-order chi connectivity index (χ1) is 13.0. The second kappa shape index (κ2) is 10.4. The second-order valence-corrected chi connectivity index (χ2v) is 7.07. The number of anilines is 1. The van der Waals surface area contributed by atoms with Crippen molar-refractivity contribution in [3.8, 4) is 0 Å². The number of thioether (sulfide) groups is 1. The highest BCUT2D eigenvalue weighted by atomic mass is 32.2. The van der Waals surface area contributed by atoms with Gasteiger partial charge in [0, 0.05) is 36.0 Å². The molecule has 0 aliphatic rings. The van der Waals surface area contributed by atoms with Gasteiger partial charge in [-0.25, -0.2) is 0 Å². The molecule has 1 N–H and O–H groups in total. The maximum atomic E-state index is 11.9. The van der Waals surface area contributed by atoms with Gasteiger partial charge in [0.05, 0.1) is 6.42 Å². The summed E-state index contributed by atoms with van der Waals surface area (Å²) >= 11 is 1.56. The fourth-order valence-electron chi connectivity index (χ4n) is 2.14. The van der Waals surface area contributed by atoms with Crippen LogP contribution in [0.2, 0.25) is 0 Å². The number of rotatable bonds is 8. The van der Waals surface area contributed by atoms with Gasteiger partial charge in [0.25, 0.3) is 11.8 Å². The van der Waals surface area contributed by atoms with E-state index in [9.17, 15) is 14.4 Å². The third kappa shape index (κ3) is 7.15. The van der Waals surface area contributed by atoms with E-state index >= 15 is 0 Å². The number of nitrogens with zero attached hydrogens (tertiary/aromatic N) is 1. The van der Waals surface area contributed by atoms with Crippen LogP contribution in [0.3, 0.4) is 0 Å². The Morgan fingerprint density at radius 1 is 1.00 bits per heavy atom. The number of esters is 1. The summed E-state index contributed by atoms with van der Waals surface area (Å²) in [7, 11) is 3.34. The number of hydrogen-bond donors (Lipinski definition) is 1. The van der Waals surface area contributed by atoms with Crippen LogP contribution >= 0.6 is 11.8 Å². The topological polar surface area (TPSA) is 75.7 Å². The molecular weight excluding hydrogens is 364 g/mol. The summed E-state index contributed by atoms with van der Waals surface area (Å²) in [6.07, 6.45) is 0.230. The molecule has 0 radical (unpaired) electrons. The van der Waals surface area contributed by atoms with Gasteiger partial charge in [0.15, 0.2) is 6.61 Å². The second-order valence-electron chi connectivity index (χ2n) is 5.90. The standard InChI is InChI=1S/C20H22N2O4S/c1-22(2)20(25)15-8-10-16(11-9-15)21-18(23)14-26-19(24)12-13-27-17-6-4-3-5-7-17/h3-11H,12-14H2,1-2H3,(H,21,23). The first kappa shape index (κ1) is 20.5. The van der Waals surface area contributed by atoms with Gasteiger partial charge < -0.3 is 15.0 Å². The lowest BCUT2D eigenvalue weighted by atomic mass is 10.2. The van der Waals surface area contributed by atoms with E-state index in [-0.39, 0.29) is 18.9 Å². The monoisotopic (exact) mass is 386 g/mol. The van der Waals surface area contributed by atoms with E-state index in [1.165, 1.54) is 4.90 Å².